The zero-order valence-corrected chi connectivity index (χ0v) is 8.76. The molecule has 1 aromatic rings. The van der Waals surface area contributed by atoms with Crippen molar-refractivity contribution < 1.29 is 4.21 Å². The SMILES string of the molecule is CN=S(C)(=O)c1ccc(C)nc1N. The Hall–Kier alpha value is -1.10. The number of nitrogens with zero attached hydrogens (tertiary/aromatic N) is 2. The van der Waals surface area contributed by atoms with Gasteiger partial charge in [0.25, 0.3) is 0 Å². The maximum absolute atomic E-state index is 11.8. The third-order valence-corrected chi connectivity index (χ3v) is 3.64. The van der Waals surface area contributed by atoms with Gasteiger partial charge in [0.1, 0.15) is 5.82 Å². The first-order valence-electron chi connectivity index (χ1n) is 3.81. The third-order valence-electron chi connectivity index (χ3n) is 1.78. The number of hydrogen-bond acceptors (Lipinski definition) is 4. The third kappa shape index (κ3) is 1.98. The molecule has 0 fully saturated rings. The Kier molecular flexibility index (Phi) is 2.56. The van der Waals surface area contributed by atoms with Crippen LogP contribution in [0.25, 0.3) is 0 Å². The van der Waals surface area contributed by atoms with Crippen molar-refractivity contribution in [1.82, 2.24) is 4.98 Å². The van der Waals surface area contributed by atoms with Crippen LogP contribution in [0.4, 0.5) is 5.82 Å². The van der Waals surface area contributed by atoms with Gasteiger partial charge in [0.15, 0.2) is 0 Å². The van der Waals surface area contributed by atoms with Crippen molar-refractivity contribution in [2.45, 2.75) is 11.8 Å². The van der Waals surface area contributed by atoms with Crippen LogP contribution < -0.4 is 5.73 Å². The van der Waals surface area contributed by atoms with Crippen LogP contribution in [0.15, 0.2) is 21.4 Å². The minimum atomic E-state index is -2.36. The van der Waals surface area contributed by atoms with E-state index < -0.39 is 9.73 Å². The van der Waals surface area contributed by atoms with Gasteiger partial charge in [-0.3, -0.25) is 0 Å². The predicted octanol–water partition coefficient (Wildman–Crippen LogP) is 1.06. The van der Waals surface area contributed by atoms with Crippen LogP contribution >= 0.6 is 0 Å². The summed E-state index contributed by atoms with van der Waals surface area (Å²) in [6.07, 6.45) is 1.55. The number of pyridine rings is 1. The van der Waals surface area contributed by atoms with E-state index in [1.807, 2.05) is 6.92 Å². The molecule has 0 spiro atoms. The van der Waals surface area contributed by atoms with Gasteiger partial charge in [-0.15, -0.1) is 0 Å². The zero-order chi connectivity index (χ0) is 10.1. The molecule has 1 heterocycles. The van der Waals surface area contributed by atoms with Gasteiger partial charge in [-0.2, -0.15) is 0 Å². The normalized spacial score (nSPS) is 15.0. The van der Waals surface area contributed by atoms with E-state index in [4.69, 9.17) is 5.73 Å². The molecule has 0 aliphatic rings. The summed E-state index contributed by atoms with van der Waals surface area (Å²) in [6, 6.07) is 3.49. The first kappa shape index (κ1) is 9.98. The molecule has 1 unspecified atom stereocenters. The standard InChI is InChI=1S/C8H13N3OS/c1-6-4-5-7(8(9)11-6)13(3,12)10-2/h4-5H,1-3H3,(H2,9,11). The minimum Gasteiger partial charge on any atom is -0.383 e. The molecule has 0 saturated carbocycles. The predicted molar refractivity (Wildman–Crippen MR) is 54.1 cm³/mol. The molecule has 1 aromatic heterocycles. The van der Waals surface area contributed by atoms with Crippen LogP contribution in [0.1, 0.15) is 5.69 Å². The van der Waals surface area contributed by atoms with Crippen molar-refractivity contribution in [3.8, 4) is 0 Å². The summed E-state index contributed by atoms with van der Waals surface area (Å²) in [7, 11) is -0.843. The van der Waals surface area contributed by atoms with Crippen LogP contribution in [0.2, 0.25) is 0 Å². The first-order valence-corrected chi connectivity index (χ1v) is 5.73. The summed E-state index contributed by atoms with van der Waals surface area (Å²) in [6.45, 7) is 1.83. The number of aromatic nitrogens is 1. The van der Waals surface area contributed by atoms with Crippen molar-refractivity contribution in [3.63, 3.8) is 0 Å². The van der Waals surface area contributed by atoms with Gasteiger partial charge in [-0.25, -0.2) is 13.6 Å². The largest absolute Gasteiger partial charge is 0.383 e. The molecular weight excluding hydrogens is 186 g/mol. The molecule has 0 aliphatic carbocycles. The molecule has 0 bridgehead atoms. The highest BCUT2D eigenvalue weighted by Crippen LogP contribution is 2.17. The second kappa shape index (κ2) is 3.33. The van der Waals surface area contributed by atoms with Gasteiger partial charge in [-0.05, 0) is 19.1 Å². The van der Waals surface area contributed by atoms with E-state index in [0.29, 0.717) is 10.7 Å². The van der Waals surface area contributed by atoms with E-state index >= 15 is 0 Å². The highest BCUT2D eigenvalue weighted by molar-refractivity contribution is 7.93. The van der Waals surface area contributed by atoms with Crippen LogP contribution in [0.3, 0.4) is 0 Å². The van der Waals surface area contributed by atoms with Crippen molar-refractivity contribution in [2.24, 2.45) is 4.36 Å². The van der Waals surface area contributed by atoms with Gasteiger partial charge in [-0.1, -0.05) is 0 Å². The number of rotatable bonds is 1. The highest BCUT2D eigenvalue weighted by atomic mass is 32.2. The van der Waals surface area contributed by atoms with E-state index in [-0.39, 0.29) is 0 Å². The van der Waals surface area contributed by atoms with Crippen LogP contribution in [-0.4, -0.2) is 22.5 Å². The van der Waals surface area contributed by atoms with Crippen molar-refractivity contribution >= 4 is 15.5 Å². The average molecular weight is 199 g/mol. The molecule has 72 valence electrons. The molecule has 5 heteroatoms. The van der Waals surface area contributed by atoms with E-state index in [1.165, 1.54) is 7.05 Å². The summed E-state index contributed by atoms with van der Waals surface area (Å²) in [4.78, 5) is 4.54. The second-order valence-electron chi connectivity index (χ2n) is 2.82. The number of hydrogen-bond donors (Lipinski definition) is 1. The molecular formula is C8H13N3OS. The second-order valence-corrected chi connectivity index (χ2v) is 5.23. The minimum absolute atomic E-state index is 0.304. The molecule has 13 heavy (non-hydrogen) atoms. The molecule has 0 radical (unpaired) electrons. The number of anilines is 1. The molecule has 0 aromatic carbocycles. The van der Waals surface area contributed by atoms with Gasteiger partial charge >= 0.3 is 0 Å². The maximum Gasteiger partial charge on any atom is 0.140 e. The van der Waals surface area contributed by atoms with Gasteiger partial charge < -0.3 is 5.73 Å². The van der Waals surface area contributed by atoms with E-state index in [0.717, 1.165) is 5.69 Å². The Balaban J connectivity index is 3.42. The Morgan fingerprint density at radius 1 is 1.54 bits per heavy atom. The Morgan fingerprint density at radius 3 is 2.62 bits per heavy atom. The summed E-state index contributed by atoms with van der Waals surface area (Å²) in [5.41, 5.74) is 6.45. The summed E-state index contributed by atoms with van der Waals surface area (Å²) in [5.74, 6) is 0.304. The molecule has 0 amide bonds. The molecule has 0 aliphatic heterocycles. The quantitative estimate of drug-likeness (QED) is 0.735. The lowest BCUT2D eigenvalue weighted by atomic mass is 10.4. The van der Waals surface area contributed by atoms with Crippen molar-refractivity contribution in [3.05, 3.63) is 17.8 Å². The summed E-state index contributed by atoms with van der Waals surface area (Å²) in [5, 5.41) is 0. The molecule has 1 atom stereocenters. The molecule has 1 rings (SSSR count). The maximum atomic E-state index is 11.8. The number of nitrogens with two attached hydrogens (primary N) is 1. The first-order chi connectivity index (χ1) is 5.97. The van der Waals surface area contributed by atoms with Gasteiger partial charge in [0.05, 0.1) is 14.6 Å². The molecule has 2 N–H and O–H groups in total. The zero-order valence-electron chi connectivity index (χ0n) is 7.94. The summed E-state index contributed by atoms with van der Waals surface area (Å²) >= 11 is 0. The molecule has 4 nitrogen and oxygen atoms in total. The van der Waals surface area contributed by atoms with Crippen LogP contribution in [0, 0.1) is 6.92 Å². The number of aryl methyl sites for hydroxylation is 1. The number of nitrogen functional groups attached to an aromatic ring is 1. The fraction of sp³-hybridized carbons (Fsp3) is 0.375. The van der Waals surface area contributed by atoms with Crippen LogP contribution in [0.5, 0.6) is 0 Å². The van der Waals surface area contributed by atoms with Crippen molar-refractivity contribution in [2.75, 3.05) is 19.0 Å². The van der Waals surface area contributed by atoms with E-state index in [2.05, 4.69) is 9.35 Å². The van der Waals surface area contributed by atoms with E-state index in [9.17, 15) is 4.21 Å². The van der Waals surface area contributed by atoms with Crippen molar-refractivity contribution in [1.29, 1.82) is 0 Å². The lowest BCUT2D eigenvalue weighted by Gasteiger charge is -2.06. The fourth-order valence-corrected chi connectivity index (χ4v) is 1.93. The molecule has 0 saturated heterocycles. The van der Waals surface area contributed by atoms with Gasteiger partial charge in [0.2, 0.25) is 0 Å². The Bertz CT molecular complexity index is 433. The lowest BCUT2D eigenvalue weighted by Crippen LogP contribution is -2.04. The lowest BCUT2D eigenvalue weighted by molar-refractivity contribution is 0.680. The van der Waals surface area contributed by atoms with Crippen LogP contribution in [-0.2, 0) is 9.73 Å². The average Bonchev–Trinajstić information content (AvgIpc) is 2.03. The topological polar surface area (TPSA) is 68.3 Å². The highest BCUT2D eigenvalue weighted by Gasteiger charge is 2.09. The Morgan fingerprint density at radius 2 is 2.15 bits per heavy atom. The summed E-state index contributed by atoms with van der Waals surface area (Å²) < 4.78 is 15.6. The van der Waals surface area contributed by atoms with Gasteiger partial charge in [0, 0.05) is 19.0 Å². The Labute approximate surface area is 78.4 Å². The smallest absolute Gasteiger partial charge is 0.140 e. The fourth-order valence-electron chi connectivity index (χ4n) is 0.983. The monoisotopic (exact) mass is 199 g/mol. The van der Waals surface area contributed by atoms with E-state index in [1.54, 1.807) is 18.4 Å².